The van der Waals surface area contributed by atoms with E-state index < -0.39 is 0 Å². The van der Waals surface area contributed by atoms with Crippen molar-refractivity contribution in [1.82, 2.24) is 5.32 Å². The summed E-state index contributed by atoms with van der Waals surface area (Å²) >= 11 is 0. The first-order valence-electron chi connectivity index (χ1n) is 5.85. The molecule has 0 amide bonds. The van der Waals surface area contributed by atoms with Crippen LogP contribution in [0.25, 0.3) is 0 Å². The van der Waals surface area contributed by atoms with E-state index >= 15 is 0 Å². The zero-order chi connectivity index (χ0) is 11.3. The number of benzene rings is 1. The van der Waals surface area contributed by atoms with Crippen LogP contribution in [0.15, 0.2) is 30.3 Å². The molecule has 0 heterocycles. The molecule has 1 aromatic carbocycles. The molecule has 0 aliphatic heterocycles. The van der Waals surface area contributed by atoms with Crippen molar-refractivity contribution in [1.29, 1.82) is 0 Å². The standard InChI is InChI=1S/C14H23N/c1-5-15-12(2)11-14(3,4)13-9-7-6-8-10-13/h6-10,12,15H,5,11H2,1-4H3. The molecule has 1 atom stereocenters. The third-order valence-corrected chi connectivity index (χ3v) is 2.92. The van der Waals surface area contributed by atoms with Gasteiger partial charge in [0.25, 0.3) is 0 Å². The number of hydrogen-bond donors (Lipinski definition) is 1. The third-order valence-electron chi connectivity index (χ3n) is 2.92. The van der Waals surface area contributed by atoms with Crippen LogP contribution in [0.1, 0.15) is 39.7 Å². The summed E-state index contributed by atoms with van der Waals surface area (Å²) in [7, 11) is 0. The summed E-state index contributed by atoms with van der Waals surface area (Å²) in [5, 5.41) is 3.47. The molecule has 1 aromatic rings. The minimum Gasteiger partial charge on any atom is -0.315 e. The molecule has 1 N–H and O–H groups in total. The van der Waals surface area contributed by atoms with E-state index in [1.165, 1.54) is 12.0 Å². The van der Waals surface area contributed by atoms with E-state index in [1.807, 2.05) is 0 Å². The van der Waals surface area contributed by atoms with E-state index in [0.717, 1.165) is 6.54 Å². The predicted octanol–water partition coefficient (Wildman–Crippen LogP) is 3.35. The SMILES string of the molecule is CCNC(C)CC(C)(C)c1ccccc1. The van der Waals surface area contributed by atoms with Crippen LogP contribution in [0.3, 0.4) is 0 Å². The van der Waals surface area contributed by atoms with Crippen molar-refractivity contribution in [3.63, 3.8) is 0 Å². The Balaban J connectivity index is 2.67. The molecule has 15 heavy (non-hydrogen) atoms. The lowest BCUT2D eigenvalue weighted by molar-refractivity contribution is 0.394. The van der Waals surface area contributed by atoms with Gasteiger partial charge in [0, 0.05) is 6.04 Å². The normalized spacial score (nSPS) is 13.9. The molecule has 1 heteroatoms. The third kappa shape index (κ3) is 3.67. The van der Waals surface area contributed by atoms with Gasteiger partial charge in [0.1, 0.15) is 0 Å². The molecule has 0 aromatic heterocycles. The van der Waals surface area contributed by atoms with Crippen LogP contribution in [-0.4, -0.2) is 12.6 Å². The lowest BCUT2D eigenvalue weighted by atomic mass is 9.79. The molecule has 1 unspecified atom stereocenters. The van der Waals surface area contributed by atoms with E-state index in [1.54, 1.807) is 0 Å². The van der Waals surface area contributed by atoms with Crippen molar-refractivity contribution in [2.45, 2.75) is 45.6 Å². The van der Waals surface area contributed by atoms with Crippen molar-refractivity contribution in [3.8, 4) is 0 Å². The highest BCUT2D eigenvalue weighted by molar-refractivity contribution is 5.23. The molecule has 0 bridgehead atoms. The van der Waals surface area contributed by atoms with Gasteiger partial charge in [0.2, 0.25) is 0 Å². The predicted molar refractivity (Wildman–Crippen MR) is 67.2 cm³/mol. The molecular weight excluding hydrogens is 182 g/mol. The first-order chi connectivity index (χ1) is 7.06. The van der Waals surface area contributed by atoms with Crippen LogP contribution in [-0.2, 0) is 5.41 Å². The highest BCUT2D eigenvalue weighted by Gasteiger charge is 2.22. The maximum Gasteiger partial charge on any atom is 0.00468 e. The van der Waals surface area contributed by atoms with Crippen LogP contribution < -0.4 is 5.32 Å². The van der Waals surface area contributed by atoms with Crippen LogP contribution in [0.2, 0.25) is 0 Å². The molecule has 1 nitrogen and oxygen atoms in total. The van der Waals surface area contributed by atoms with E-state index in [0.29, 0.717) is 6.04 Å². The van der Waals surface area contributed by atoms with Crippen LogP contribution in [0.5, 0.6) is 0 Å². The first kappa shape index (κ1) is 12.3. The van der Waals surface area contributed by atoms with Crippen molar-refractivity contribution in [2.24, 2.45) is 0 Å². The minimum absolute atomic E-state index is 0.253. The smallest absolute Gasteiger partial charge is 0.00468 e. The van der Waals surface area contributed by atoms with Gasteiger partial charge in [-0.1, -0.05) is 51.1 Å². The van der Waals surface area contributed by atoms with Crippen molar-refractivity contribution < 1.29 is 0 Å². The summed E-state index contributed by atoms with van der Waals surface area (Å²) in [5.41, 5.74) is 1.68. The van der Waals surface area contributed by atoms with Crippen molar-refractivity contribution in [3.05, 3.63) is 35.9 Å². The van der Waals surface area contributed by atoms with Gasteiger partial charge in [-0.15, -0.1) is 0 Å². The molecule has 1 rings (SSSR count). The van der Waals surface area contributed by atoms with Crippen molar-refractivity contribution in [2.75, 3.05) is 6.54 Å². The summed E-state index contributed by atoms with van der Waals surface area (Å²) in [6.07, 6.45) is 1.17. The minimum atomic E-state index is 0.253. The summed E-state index contributed by atoms with van der Waals surface area (Å²) in [6.45, 7) is 10.1. The molecule has 0 saturated carbocycles. The maximum atomic E-state index is 3.47. The number of nitrogens with one attached hydrogen (secondary N) is 1. The average molecular weight is 205 g/mol. The Morgan fingerprint density at radius 2 is 1.80 bits per heavy atom. The molecule has 0 fully saturated rings. The van der Waals surface area contributed by atoms with E-state index in [9.17, 15) is 0 Å². The van der Waals surface area contributed by atoms with Gasteiger partial charge in [-0.25, -0.2) is 0 Å². The van der Waals surface area contributed by atoms with Gasteiger partial charge in [-0.2, -0.15) is 0 Å². The molecule has 84 valence electrons. The van der Waals surface area contributed by atoms with Crippen LogP contribution >= 0.6 is 0 Å². The molecule has 0 aliphatic carbocycles. The zero-order valence-electron chi connectivity index (χ0n) is 10.4. The van der Waals surface area contributed by atoms with E-state index in [2.05, 4.69) is 63.3 Å². The molecule has 0 spiro atoms. The van der Waals surface area contributed by atoms with Gasteiger partial charge in [-0.3, -0.25) is 0 Å². The second kappa shape index (κ2) is 5.32. The largest absolute Gasteiger partial charge is 0.315 e. The highest BCUT2D eigenvalue weighted by Crippen LogP contribution is 2.27. The average Bonchev–Trinajstić information content (AvgIpc) is 2.18. The van der Waals surface area contributed by atoms with Gasteiger partial charge in [0.15, 0.2) is 0 Å². The zero-order valence-corrected chi connectivity index (χ0v) is 10.4. The molecule has 0 saturated heterocycles. The lowest BCUT2D eigenvalue weighted by Gasteiger charge is -2.29. The van der Waals surface area contributed by atoms with Crippen LogP contribution in [0, 0.1) is 0 Å². The maximum absolute atomic E-state index is 3.47. The molecular formula is C14H23N. The summed E-state index contributed by atoms with van der Waals surface area (Å²) < 4.78 is 0. The fraction of sp³-hybridized carbons (Fsp3) is 0.571. The number of rotatable bonds is 5. The summed E-state index contributed by atoms with van der Waals surface area (Å²) in [6, 6.07) is 11.3. The fourth-order valence-corrected chi connectivity index (χ4v) is 2.19. The van der Waals surface area contributed by atoms with Crippen LogP contribution in [0.4, 0.5) is 0 Å². The van der Waals surface area contributed by atoms with Gasteiger partial charge in [0.05, 0.1) is 0 Å². The molecule has 0 radical (unpaired) electrons. The second-order valence-electron chi connectivity index (χ2n) is 4.91. The Morgan fingerprint density at radius 1 is 1.20 bits per heavy atom. The Hall–Kier alpha value is -0.820. The lowest BCUT2D eigenvalue weighted by Crippen LogP contribution is -2.33. The highest BCUT2D eigenvalue weighted by atomic mass is 14.9. The Kier molecular flexibility index (Phi) is 4.34. The number of hydrogen-bond acceptors (Lipinski definition) is 1. The van der Waals surface area contributed by atoms with Gasteiger partial charge < -0.3 is 5.32 Å². The Morgan fingerprint density at radius 3 is 2.33 bits per heavy atom. The molecule has 0 aliphatic rings. The summed E-state index contributed by atoms with van der Waals surface area (Å²) in [4.78, 5) is 0. The van der Waals surface area contributed by atoms with Gasteiger partial charge >= 0.3 is 0 Å². The Labute approximate surface area is 93.9 Å². The second-order valence-corrected chi connectivity index (χ2v) is 4.91. The van der Waals surface area contributed by atoms with E-state index in [4.69, 9.17) is 0 Å². The topological polar surface area (TPSA) is 12.0 Å². The fourth-order valence-electron chi connectivity index (χ4n) is 2.19. The first-order valence-corrected chi connectivity index (χ1v) is 5.85. The van der Waals surface area contributed by atoms with E-state index in [-0.39, 0.29) is 5.41 Å². The summed E-state index contributed by atoms with van der Waals surface area (Å²) in [5.74, 6) is 0. The monoisotopic (exact) mass is 205 g/mol. The Bertz CT molecular complexity index is 277. The van der Waals surface area contributed by atoms with Gasteiger partial charge in [-0.05, 0) is 30.9 Å². The quantitative estimate of drug-likeness (QED) is 0.777. The van der Waals surface area contributed by atoms with Crippen molar-refractivity contribution >= 4 is 0 Å².